The molecule has 0 aromatic rings. The zero-order valence-electron chi connectivity index (χ0n) is 12.7. The molecule has 6 nitrogen and oxygen atoms in total. The van der Waals surface area contributed by atoms with Crippen molar-refractivity contribution in [3.05, 3.63) is 0 Å². The van der Waals surface area contributed by atoms with Crippen molar-refractivity contribution < 1.29 is 19.4 Å². The molecule has 2 unspecified atom stereocenters. The Kier molecular flexibility index (Phi) is 5.85. The zero-order valence-corrected chi connectivity index (χ0v) is 12.7. The van der Waals surface area contributed by atoms with Crippen molar-refractivity contribution in [3.63, 3.8) is 0 Å². The third-order valence-electron chi connectivity index (χ3n) is 4.52. The second kappa shape index (κ2) is 7.64. The molecule has 0 aromatic heterocycles. The molecule has 120 valence electrons. The lowest BCUT2D eigenvalue weighted by Gasteiger charge is -2.32. The largest absolute Gasteiger partial charge is 0.480 e. The van der Waals surface area contributed by atoms with Gasteiger partial charge in [0.15, 0.2) is 0 Å². The molecule has 0 aromatic carbocycles. The maximum absolute atomic E-state index is 12.1. The highest BCUT2D eigenvalue weighted by Gasteiger charge is 2.25. The number of amides is 2. The lowest BCUT2D eigenvalue weighted by atomic mass is 10.1. The Morgan fingerprint density at radius 1 is 1.24 bits per heavy atom. The number of carboxylic acid groups (broad SMARTS) is 1. The first-order valence-corrected chi connectivity index (χ1v) is 7.90. The van der Waals surface area contributed by atoms with Gasteiger partial charge in [0.05, 0.1) is 6.10 Å². The zero-order chi connectivity index (χ0) is 15.2. The van der Waals surface area contributed by atoms with Gasteiger partial charge in [0.1, 0.15) is 6.61 Å². The SMILES string of the molecule is CC1CCC(CNC(=O)N2CCC(OCC(=O)O)CC2)C1. The summed E-state index contributed by atoms with van der Waals surface area (Å²) in [5, 5.41) is 11.6. The van der Waals surface area contributed by atoms with Crippen LogP contribution in [0.25, 0.3) is 0 Å². The van der Waals surface area contributed by atoms with Gasteiger partial charge in [0.2, 0.25) is 0 Å². The highest BCUT2D eigenvalue weighted by Crippen LogP contribution is 2.29. The number of carbonyl (C=O) groups is 2. The molecule has 1 aliphatic heterocycles. The van der Waals surface area contributed by atoms with Gasteiger partial charge in [0, 0.05) is 19.6 Å². The van der Waals surface area contributed by atoms with E-state index in [9.17, 15) is 9.59 Å². The van der Waals surface area contributed by atoms with Gasteiger partial charge in [-0.25, -0.2) is 9.59 Å². The molecule has 2 rings (SSSR count). The molecule has 0 radical (unpaired) electrons. The van der Waals surface area contributed by atoms with E-state index in [-0.39, 0.29) is 18.7 Å². The van der Waals surface area contributed by atoms with Crippen molar-refractivity contribution in [2.75, 3.05) is 26.2 Å². The number of nitrogens with zero attached hydrogens (tertiary/aromatic N) is 1. The average molecular weight is 298 g/mol. The summed E-state index contributed by atoms with van der Waals surface area (Å²) in [5.74, 6) is 0.468. The van der Waals surface area contributed by atoms with Crippen LogP contribution in [-0.2, 0) is 9.53 Å². The standard InChI is InChI=1S/C15H26N2O4/c1-11-2-3-12(8-11)9-16-15(20)17-6-4-13(5-7-17)21-10-14(18)19/h11-13H,2-10H2,1H3,(H,16,20)(H,18,19). The monoisotopic (exact) mass is 298 g/mol. The first-order chi connectivity index (χ1) is 10.0. The van der Waals surface area contributed by atoms with E-state index in [4.69, 9.17) is 9.84 Å². The van der Waals surface area contributed by atoms with Crippen molar-refractivity contribution in [2.24, 2.45) is 11.8 Å². The van der Waals surface area contributed by atoms with Crippen LogP contribution in [0.4, 0.5) is 4.79 Å². The second-order valence-corrected chi connectivity index (χ2v) is 6.36. The molecule has 2 fully saturated rings. The number of carboxylic acids is 1. The minimum Gasteiger partial charge on any atom is -0.480 e. The van der Waals surface area contributed by atoms with E-state index in [0.717, 1.165) is 12.5 Å². The predicted octanol–water partition coefficient (Wildman–Crippen LogP) is 1.70. The van der Waals surface area contributed by atoms with Crippen LogP contribution in [0.3, 0.4) is 0 Å². The first-order valence-electron chi connectivity index (χ1n) is 7.90. The molecular weight excluding hydrogens is 272 g/mol. The Hall–Kier alpha value is -1.30. The lowest BCUT2D eigenvalue weighted by Crippen LogP contribution is -2.47. The molecule has 0 bridgehead atoms. The predicted molar refractivity (Wildman–Crippen MR) is 78.1 cm³/mol. The van der Waals surface area contributed by atoms with Crippen LogP contribution in [0, 0.1) is 11.8 Å². The quantitative estimate of drug-likeness (QED) is 0.809. The number of hydrogen-bond donors (Lipinski definition) is 2. The molecular formula is C15H26N2O4. The maximum atomic E-state index is 12.1. The molecule has 2 atom stereocenters. The fraction of sp³-hybridized carbons (Fsp3) is 0.867. The van der Waals surface area contributed by atoms with Crippen molar-refractivity contribution >= 4 is 12.0 Å². The van der Waals surface area contributed by atoms with Gasteiger partial charge in [-0.15, -0.1) is 0 Å². The van der Waals surface area contributed by atoms with Crippen LogP contribution in [0.1, 0.15) is 39.0 Å². The highest BCUT2D eigenvalue weighted by molar-refractivity contribution is 5.74. The van der Waals surface area contributed by atoms with E-state index >= 15 is 0 Å². The molecule has 1 saturated carbocycles. The van der Waals surface area contributed by atoms with Crippen molar-refractivity contribution in [2.45, 2.75) is 45.1 Å². The summed E-state index contributed by atoms with van der Waals surface area (Å²) in [4.78, 5) is 24.3. The van der Waals surface area contributed by atoms with Crippen molar-refractivity contribution in [1.29, 1.82) is 0 Å². The van der Waals surface area contributed by atoms with E-state index in [1.54, 1.807) is 4.90 Å². The van der Waals surface area contributed by atoms with Crippen LogP contribution in [0.15, 0.2) is 0 Å². The topological polar surface area (TPSA) is 78.9 Å². The number of hydrogen-bond acceptors (Lipinski definition) is 3. The van der Waals surface area contributed by atoms with Gasteiger partial charge in [-0.2, -0.15) is 0 Å². The van der Waals surface area contributed by atoms with Crippen LogP contribution < -0.4 is 5.32 Å². The third kappa shape index (κ3) is 5.19. The first kappa shape index (κ1) is 16.1. The third-order valence-corrected chi connectivity index (χ3v) is 4.52. The summed E-state index contributed by atoms with van der Waals surface area (Å²) >= 11 is 0. The number of ether oxygens (including phenoxy) is 1. The number of piperidine rings is 1. The Labute approximate surface area is 125 Å². The number of urea groups is 1. The smallest absolute Gasteiger partial charge is 0.329 e. The lowest BCUT2D eigenvalue weighted by molar-refractivity contribution is -0.145. The molecule has 2 amide bonds. The average Bonchev–Trinajstić information content (AvgIpc) is 2.89. The molecule has 6 heteroatoms. The van der Waals surface area contributed by atoms with Gasteiger partial charge >= 0.3 is 12.0 Å². The summed E-state index contributed by atoms with van der Waals surface area (Å²) in [6, 6.07) is 0.00578. The van der Waals surface area contributed by atoms with Crippen LogP contribution in [-0.4, -0.2) is 54.4 Å². The molecule has 2 aliphatic rings. The van der Waals surface area contributed by atoms with Gasteiger partial charge < -0.3 is 20.1 Å². The molecule has 2 N–H and O–H groups in total. The maximum Gasteiger partial charge on any atom is 0.329 e. The summed E-state index contributed by atoms with van der Waals surface area (Å²) in [6.45, 7) is 4.06. The van der Waals surface area contributed by atoms with E-state index in [2.05, 4.69) is 12.2 Å². The van der Waals surface area contributed by atoms with E-state index in [1.165, 1.54) is 19.3 Å². The summed E-state index contributed by atoms with van der Waals surface area (Å²) < 4.78 is 5.27. The molecule has 1 saturated heterocycles. The fourth-order valence-corrected chi connectivity index (χ4v) is 3.27. The molecule has 1 aliphatic carbocycles. The summed E-state index contributed by atoms with van der Waals surface area (Å²) in [7, 11) is 0. The highest BCUT2D eigenvalue weighted by atomic mass is 16.5. The fourth-order valence-electron chi connectivity index (χ4n) is 3.27. The van der Waals surface area contributed by atoms with Gasteiger partial charge in [-0.3, -0.25) is 0 Å². The van der Waals surface area contributed by atoms with Crippen LogP contribution >= 0.6 is 0 Å². The molecule has 1 heterocycles. The van der Waals surface area contributed by atoms with E-state index < -0.39 is 5.97 Å². The van der Waals surface area contributed by atoms with Gasteiger partial charge in [-0.1, -0.05) is 13.3 Å². The van der Waals surface area contributed by atoms with E-state index in [1.807, 2.05) is 0 Å². The van der Waals surface area contributed by atoms with Gasteiger partial charge in [0.25, 0.3) is 0 Å². The van der Waals surface area contributed by atoms with Crippen LogP contribution in [0.5, 0.6) is 0 Å². The minimum atomic E-state index is -0.944. The Balaban J connectivity index is 1.62. The van der Waals surface area contributed by atoms with Crippen molar-refractivity contribution in [1.82, 2.24) is 10.2 Å². The summed E-state index contributed by atoms with van der Waals surface area (Å²) in [6.07, 6.45) is 5.08. The second-order valence-electron chi connectivity index (χ2n) is 6.36. The Morgan fingerprint density at radius 3 is 2.52 bits per heavy atom. The molecule has 0 spiro atoms. The number of rotatable bonds is 5. The van der Waals surface area contributed by atoms with E-state index in [0.29, 0.717) is 31.8 Å². The Bertz CT molecular complexity index is 367. The number of carbonyl (C=O) groups excluding carboxylic acids is 1. The minimum absolute atomic E-state index is 0.00578. The number of nitrogens with one attached hydrogen (secondary N) is 1. The van der Waals surface area contributed by atoms with Crippen LogP contribution in [0.2, 0.25) is 0 Å². The molecule has 21 heavy (non-hydrogen) atoms. The van der Waals surface area contributed by atoms with Crippen molar-refractivity contribution in [3.8, 4) is 0 Å². The normalized spacial score (nSPS) is 26.8. The summed E-state index contributed by atoms with van der Waals surface area (Å²) in [5.41, 5.74) is 0. The Morgan fingerprint density at radius 2 is 1.95 bits per heavy atom. The van der Waals surface area contributed by atoms with Gasteiger partial charge in [-0.05, 0) is 37.5 Å². The number of aliphatic carboxylic acids is 1. The number of likely N-dealkylation sites (tertiary alicyclic amines) is 1.